The van der Waals surface area contributed by atoms with Crippen molar-refractivity contribution in [3.05, 3.63) is 63.7 Å². The highest BCUT2D eigenvalue weighted by molar-refractivity contribution is 6.39. The van der Waals surface area contributed by atoms with Crippen LogP contribution in [-0.4, -0.2) is 28.1 Å². The van der Waals surface area contributed by atoms with E-state index in [1.54, 1.807) is 31.2 Å². The Balaban J connectivity index is 2.01. The Bertz CT molecular complexity index is 863. The monoisotopic (exact) mass is 342 g/mol. The minimum absolute atomic E-state index is 0.0220. The maximum atomic E-state index is 11.8. The molecule has 0 aliphatic carbocycles. The van der Waals surface area contributed by atoms with Crippen LogP contribution in [0, 0.1) is 17.0 Å². The minimum atomic E-state index is -1.02. The number of para-hydroxylation sites is 1. The fraction of sp³-hybridized carbons (Fsp3) is 0.0625. The number of nitrogens with one attached hydrogen (secondary N) is 2. The molecule has 0 unspecified atom stereocenters. The number of carbonyl (C=O) groups is 2. The van der Waals surface area contributed by atoms with Crippen molar-refractivity contribution in [2.75, 3.05) is 5.32 Å². The first-order valence-electron chi connectivity index (χ1n) is 7.06. The van der Waals surface area contributed by atoms with Crippen molar-refractivity contribution in [3.8, 4) is 5.75 Å². The summed E-state index contributed by atoms with van der Waals surface area (Å²) in [6.45, 7) is 1.77. The van der Waals surface area contributed by atoms with Gasteiger partial charge in [0, 0.05) is 23.4 Å². The fourth-order valence-corrected chi connectivity index (χ4v) is 1.86. The molecule has 0 aliphatic heterocycles. The van der Waals surface area contributed by atoms with Crippen LogP contribution in [0.15, 0.2) is 47.6 Å². The first kappa shape index (κ1) is 17.6. The molecular weight excluding hydrogens is 328 g/mol. The lowest BCUT2D eigenvalue weighted by Gasteiger charge is -2.06. The lowest BCUT2D eigenvalue weighted by Crippen LogP contribution is -2.32. The number of benzene rings is 2. The molecule has 0 heterocycles. The summed E-state index contributed by atoms with van der Waals surface area (Å²) < 4.78 is 0. The lowest BCUT2D eigenvalue weighted by atomic mass is 10.2. The van der Waals surface area contributed by atoms with Crippen molar-refractivity contribution in [2.45, 2.75) is 6.92 Å². The number of carbonyl (C=O) groups excluding carboxylic acids is 2. The molecule has 0 saturated heterocycles. The summed E-state index contributed by atoms with van der Waals surface area (Å²) in [4.78, 5) is 33.5. The molecule has 25 heavy (non-hydrogen) atoms. The number of anilines is 1. The summed E-state index contributed by atoms with van der Waals surface area (Å²) in [6.07, 6.45) is 1.00. The fourth-order valence-electron chi connectivity index (χ4n) is 1.86. The molecule has 2 rings (SSSR count). The number of aryl methyl sites for hydroxylation is 1. The summed E-state index contributed by atoms with van der Waals surface area (Å²) in [6, 6.07) is 10.3. The normalized spacial score (nSPS) is 10.4. The van der Waals surface area contributed by atoms with E-state index in [1.807, 2.05) is 5.43 Å². The standard InChI is InChI=1S/C16H14N4O5/c1-10-4-2-3-5-13(10)18-15(22)16(23)19-17-9-11-8-12(20(24)25)6-7-14(11)21/h2-9,21H,1H3,(H,18,22)(H,19,23). The highest BCUT2D eigenvalue weighted by atomic mass is 16.6. The van der Waals surface area contributed by atoms with Gasteiger partial charge in [0.25, 0.3) is 5.69 Å². The number of hydrogen-bond acceptors (Lipinski definition) is 6. The van der Waals surface area contributed by atoms with Crippen LogP contribution in [0.2, 0.25) is 0 Å². The summed E-state index contributed by atoms with van der Waals surface area (Å²) in [5, 5.41) is 26.3. The van der Waals surface area contributed by atoms with Gasteiger partial charge in [-0.2, -0.15) is 5.10 Å². The van der Waals surface area contributed by atoms with Gasteiger partial charge in [0.15, 0.2) is 0 Å². The van der Waals surface area contributed by atoms with Gasteiger partial charge in [-0.1, -0.05) is 18.2 Å². The summed E-state index contributed by atoms with van der Waals surface area (Å²) >= 11 is 0. The number of nitro benzene ring substituents is 1. The third-order valence-corrected chi connectivity index (χ3v) is 3.19. The van der Waals surface area contributed by atoms with Crippen molar-refractivity contribution >= 4 is 29.4 Å². The van der Waals surface area contributed by atoms with Crippen molar-refractivity contribution in [3.63, 3.8) is 0 Å². The number of non-ortho nitro benzene ring substituents is 1. The van der Waals surface area contributed by atoms with E-state index < -0.39 is 16.7 Å². The van der Waals surface area contributed by atoms with E-state index >= 15 is 0 Å². The molecule has 0 radical (unpaired) electrons. The Morgan fingerprint density at radius 3 is 2.60 bits per heavy atom. The van der Waals surface area contributed by atoms with E-state index in [9.17, 15) is 24.8 Å². The van der Waals surface area contributed by atoms with Crippen LogP contribution >= 0.6 is 0 Å². The molecule has 2 aromatic carbocycles. The zero-order valence-electron chi connectivity index (χ0n) is 13.1. The number of nitro groups is 1. The van der Waals surface area contributed by atoms with E-state index in [0.29, 0.717) is 5.69 Å². The van der Waals surface area contributed by atoms with Crippen molar-refractivity contribution in [1.82, 2.24) is 5.43 Å². The molecule has 9 nitrogen and oxygen atoms in total. The number of aromatic hydroxyl groups is 1. The maximum absolute atomic E-state index is 11.8. The van der Waals surface area contributed by atoms with Crippen LogP contribution in [0.4, 0.5) is 11.4 Å². The van der Waals surface area contributed by atoms with Crippen LogP contribution in [0.25, 0.3) is 0 Å². The van der Waals surface area contributed by atoms with Gasteiger partial charge in [-0.15, -0.1) is 0 Å². The predicted octanol–water partition coefficient (Wildman–Crippen LogP) is 1.70. The van der Waals surface area contributed by atoms with E-state index in [2.05, 4.69) is 10.4 Å². The average Bonchev–Trinajstić information content (AvgIpc) is 2.58. The second-order valence-corrected chi connectivity index (χ2v) is 4.97. The zero-order chi connectivity index (χ0) is 18.4. The predicted molar refractivity (Wildman–Crippen MR) is 90.3 cm³/mol. The number of phenols is 1. The highest BCUT2D eigenvalue weighted by Gasteiger charge is 2.14. The molecule has 3 N–H and O–H groups in total. The summed E-state index contributed by atoms with van der Waals surface area (Å²) in [5.41, 5.74) is 3.03. The maximum Gasteiger partial charge on any atom is 0.329 e. The van der Waals surface area contributed by atoms with Gasteiger partial charge >= 0.3 is 11.8 Å². The van der Waals surface area contributed by atoms with E-state index in [-0.39, 0.29) is 17.0 Å². The van der Waals surface area contributed by atoms with Gasteiger partial charge in [-0.3, -0.25) is 19.7 Å². The third-order valence-electron chi connectivity index (χ3n) is 3.19. The number of amides is 2. The molecule has 0 spiro atoms. The molecular formula is C16H14N4O5. The Hall–Kier alpha value is -3.75. The van der Waals surface area contributed by atoms with Gasteiger partial charge in [0.2, 0.25) is 0 Å². The van der Waals surface area contributed by atoms with Crippen molar-refractivity contribution < 1.29 is 19.6 Å². The minimum Gasteiger partial charge on any atom is -0.507 e. The first-order valence-corrected chi connectivity index (χ1v) is 7.06. The number of phenolic OH excluding ortho intramolecular Hbond substituents is 1. The number of rotatable bonds is 4. The van der Waals surface area contributed by atoms with Gasteiger partial charge in [0.1, 0.15) is 5.75 Å². The second kappa shape index (κ2) is 7.68. The Morgan fingerprint density at radius 2 is 1.92 bits per heavy atom. The van der Waals surface area contributed by atoms with E-state index in [0.717, 1.165) is 30.0 Å². The van der Waals surface area contributed by atoms with Gasteiger partial charge in [-0.25, -0.2) is 5.43 Å². The molecule has 0 fully saturated rings. The van der Waals surface area contributed by atoms with Gasteiger partial charge in [0.05, 0.1) is 11.1 Å². The van der Waals surface area contributed by atoms with Crippen LogP contribution in [0.3, 0.4) is 0 Å². The second-order valence-electron chi connectivity index (χ2n) is 4.97. The Morgan fingerprint density at radius 1 is 1.20 bits per heavy atom. The quantitative estimate of drug-likeness (QED) is 0.336. The van der Waals surface area contributed by atoms with Crippen LogP contribution in [0.5, 0.6) is 5.75 Å². The van der Waals surface area contributed by atoms with Crippen molar-refractivity contribution in [1.29, 1.82) is 0 Å². The smallest absolute Gasteiger partial charge is 0.329 e. The molecule has 2 amide bonds. The average molecular weight is 342 g/mol. The number of hydrazone groups is 1. The Kier molecular flexibility index (Phi) is 5.41. The molecule has 9 heteroatoms. The van der Waals surface area contributed by atoms with Crippen molar-refractivity contribution in [2.24, 2.45) is 5.10 Å². The van der Waals surface area contributed by atoms with Crippen LogP contribution in [0.1, 0.15) is 11.1 Å². The molecule has 0 aliphatic rings. The molecule has 0 aromatic heterocycles. The third kappa shape index (κ3) is 4.61. The van der Waals surface area contributed by atoms with E-state index in [4.69, 9.17) is 0 Å². The topological polar surface area (TPSA) is 134 Å². The van der Waals surface area contributed by atoms with Gasteiger partial charge in [-0.05, 0) is 24.6 Å². The lowest BCUT2D eigenvalue weighted by molar-refractivity contribution is -0.384. The molecule has 2 aromatic rings. The van der Waals surface area contributed by atoms with Crippen LogP contribution < -0.4 is 10.7 Å². The molecule has 0 bridgehead atoms. The summed E-state index contributed by atoms with van der Waals surface area (Å²) in [7, 11) is 0. The molecule has 0 atom stereocenters. The first-order chi connectivity index (χ1) is 11.9. The molecule has 0 saturated carbocycles. The highest BCUT2D eigenvalue weighted by Crippen LogP contribution is 2.21. The number of hydrogen-bond donors (Lipinski definition) is 3. The molecule has 128 valence electrons. The largest absolute Gasteiger partial charge is 0.507 e. The van der Waals surface area contributed by atoms with Gasteiger partial charge < -0.3 is 10.4 Å². The summed E-state index contributed by atoms with van der Waals surface area (Å²) in [5.74, 6) is -2.20. The zero-order valence-corrected chi connectivity index (χ0v) is 13.1. The van der Waals surface area contributed by atoms with E-state index in [1.165, 1.54) is 0 Å². The number of nitrogens with zero attached hydrogens (tertiary/aromatic N) is 2. The SMILES string of the molecule is Cc1ccccc1NC(=O)C(=O)NN=Cc1cc([N+](=O)[O-])ccc1O. The van der Waals surface area contributed by atoms with Crippen LogP contribution in [-0.2, 0) is 9.59 Å². The Labute approximate surface area is 142 Å².